The fourth-order valence-corrected chi connectivity index (χ4v) is 3.45. The largest absolute Gasteiger partial charge is 0.341 e. The van der Waals surface area contributed by atoms with Crippen molar-refractivity contribution in [2.45, 2.75) is 19.3 Å². The van der Waals surface area contributed by atoms with Crippen LogP contribution in [-0.4, -0.2) is 56.0 Å². The fraction of sp³-hybridized carbons (Fsp3) is 0.533. The molecule has 0 aromatic heterocycles. The molecule has 1 amide bonds. The van der Waals surface area contributed by atoms with Gasteiger partial charge in [-0.2, -0.15) is 0 Å². The van der Waals surface area contributed by atoms with Crippen LogP contribution in [0.1, 0.15) is 18.4 Å². The van der Waals surface area contributed by atoms with Crippen LogP contribution in [0.3, 0.4) is 0 Å². The Morgan fingerprint density at radius 2 is 2.00 bits per heavy atom. The van der Waals surface area contributed by atoms with Crippen LogP contribution in [0.4, 0.5) is 4.39 Å². The van der Waals surface area contributed by atoms with Gasteiger partial charge in [0.05, 0.1) is 6.26 Å². The maximum absolute atomic E-state index is 13.1. The summed E-state index contributed by atoms with van der Waals surface area (Å²) in [4.78, 5) is 13.9. The molecule has 0 saturated carbocycles. The van der Waals surface area contributed by atoms with E-state index in [0.29, 0.717) is 45.4 Å². The number of halogens is 1. The van der Waals surface area contributed by atoms with Crippen molar-refractivity contribution in [3.05, 3.63) is 35.6 Å². The predicted molar refractivity (Wildman–Crippen MR) is 82.3 cm³/mol. The van der Waals surface area contributed by atoms with Crippen molar-refractivity contribution in [2.24, 2.45) is 0 Å². The third-order valence-electron chi connectivity index (χ3n) is 3.79. The summed E-state index contributed by atoms with van der Waals surface area (Å²) < 4.78 is 37.6. The molecule has 1 heterocycles. The van der Waals surface area contributed by atoms with E-state index in [0.717, 1.165) is 5.56 Å². The SMILES string of the molecule is CS(=O)(=O)N1CCCN(C(=O)CCc2cccc(F)c2)CC1. The Morgan fingerprint density at radius 1 is 1.23 bits per heavy atom. The minimum absolute atomic E-state index is 0.0142. The van der Waals surface area contributed by atoms with Gasteiger partial charge < -0.3 is 4.90 Å². The molecule has 7 heteroatoms. The third-order valence-corrected chi connectivity index (χ3v) is 5.10. The normalized spacial score (nSPS) is 17.3. The monoisotopic (exact) mass is 328 g/mol. The molecule has 1 aliphatic heterocycles. The standard InChI is InChI=1S/C15H21FN2O3S/c1-22(20,21)18-9-3-8-17(10-11-18)15(19)7-6-13-4-2-5-14(16)12-13/h2,4-5,12H,3,6-11H2,1H3. The highest BCUT2D eigenvalue weighted by molar-refractivity contribution is 7.88. The fourth-order valence-electron chi connectivity index (χ4n) is 2.58. The molecule has 0 bridgehead atoms. The highest BCUT2D eigenvalue weighted by Gasteiger charge is 2.23. The Balaban J connectivity index is 1.88. The van der Waals surface area contributed by atoms with E-state index in [9.17, 15) is 17.6 Å². The molecule has 1 aromatic carbocycles. The molecule has 1 fully saturated rings. The summed E-state index contributed by atoms with van der Waals surface area (Å²) in [5.41, 5.74) is 0.793. The van der Waals surface area contributed by atoms with Crippen LogP contribution in [-0.2, 0) is 21.2 Å². The maximum Gasteiger partial charge on any atom is 0.222 e. The van der Waals surface area contributed by atoms with E-state index in [1.165, 1.54) is 22.7 Å². The quantitative estimate of drug-likeness (QED) is 0.836. The van der Waals surface area contributed by atoms with Gasteiger partial charge in [-0.15, -0.1) is 0 Å². The van der Waals surface area contributed by atoms with Crippen molar-refractivity contribution in [1.29, 1.82) is 0 Å². The number of benzene rings is 1. The van der Waals surface area contributed by atoms with E-state index < -0.39 is 10.0 Å². The zero-order chi connectivity index (χ0) is 16.2. The molecule has 5 nitrogen and oxygen atoms in total. The van der Waals surface area contributed by atoms with Gasteiger partial charge in [-0.05, 0) is 30.5 Å². The van der Waals surface area contributed by atoms with E-state index in [1.807, 2.05) is 0 Å². The number of sulfonamides is 1. The Hall–Kier alpha value is -1.47. The minimum Gasteiger partial charge on any atom is -0.341 e. The Bertz CT molecular complexity index is 633. The summed E-state index contributed by atoms with van der Waals surface area (Å²) in [7, 11) is -3.20. The first-order chi connectivity index (χ1) is 10.4. The van der Waals surface area contributed by atoms with Crippen molar-refractivity contribution in [1.82, 2.24) is 9.21 Å². The second-order valence-corrected chi connectivity index (χ2v) is 7.51. The lowest BCUT2D eigenvalue weighted by Gasteiger charge is -2.21. The van der Waals surface area contributed by atoms with Gasteiger partial charge in [-0.25, -0.2) is 17.1 Å². The van der Waals surface area contributed by atoms with Gasteiger partial charge >= 0.3 is 0 Å². The second-order valence-electron chi connectivity index (χ2n) is 5.53. The van der Waals surface area contributed by atoms with Gasteiger partial charge in [0.25, 0.3) is 0 Å². The van der Waals surface area contributed by atoms with E-state index in [1.54, 1.807) is 17.0 Å². The van der Waals surface area contributed by atoms with Crippen molar-refractivity contribution in [2.75, 3.05) is 32.4 Å². The Labute approximate surface area is 130 Å². The van der Waals surface area contributed by atoms with Crippen LogP contribution >= 0.6 is 0 Å². The van der Waals surface area contributed by atoms with Gasteiger partial charge in [0.1, 0.15) is 5.82 Å². The van der Waals surface area contributed by atoms with Crippen molar-refractivity contribution >= 4 is 15.9 Å². The summed E-state index contributed by atoms with van der Waals surface area (Å²) in [6, 6.07) is 6.23. The van der Waals surface area contributed by atoms with Crippen molar-refractivity contribution in [3.63, 3.8) is 0 Å². The molecule has 0 unspecified atom stereocenters. The van der Waals surface area contributed by atoms with Crippen LogP contribution in [0.2, 0.25) is 0 Å². The second kappa shape index (κ2) is 7.19. The maximum atomic E-state index is 13.1. The van der Waals surface area contributed by atoms with E-state index in [4.69, 9.17) is 0 Å². The lowest BCUT2D eigenvalue weighted by atomic mass is 10.1. The van der Waals surface area contributed by atoms with E-state index in [-0.39, 0.29) is 11.7 Å². The van der Waals surface area contributed by atoms with Crippen molar-refractivity contribution in [3.8, 4) is 0 Å². The molecule has 122 valence electrons. The zero-order valence-corrected chi connectivity index (χ0v) is 13.5. The molecule has 0 spiro atoms. The van der Waals surface area contributed by atoms with E-state index in [2.05, 4.69) is 0 Å². The number of hydrogen-bond acceptors (Lipinski definition) is 3. The van der Waals surface area contributed by atoms with Gasteiger partial charge in [0.2, 0.25) is 15.9 Å². The summed E-state index contributed by atoms with van der Waals surface area (Å²) >= 11 is 0. The lowest BCUT2D eigenvalue weighted by molar-refractivity contribution is -0.131. The van der Waals surface area contributed by atoms with E-state index >= 15 is 0 Å². The van der Waals surface area contributed by atoms with Gasteiger partial charge in [-0.3, -0.25) is 4.79 Å². The van der Waals surface area contributed by atoms with Gasteiger partial charge in [0.15, 0.2) is 0 Å². The molecule has 0 radical (unpaired) electrons. The average Bonchev–Trinajstić information content (AvgIpc) is 2.70. The summed E-state index contributed by atoms with van der Waals surface area (Å²) in [6.45, 7) is 1.76. The number of nitrogens with zero attached hydrogens (tertiary/aromatic N) is 2. The minimum atomic E-state index is -3.20. The number of aryl methyl sites for hydroxylation is 1. The number of carbonyl (C=O) groups excluding carboxylic acids is 1. The number of hydrogen-bond donors (Lipinski definition) is 0. The first-order valence-electron chi connectivity index (χ1n) is 7.33. The summed E-state index contributed by atoms with van der Waals surface area (Å²) in [5, 5.41) is 0. The number of amides is 1. The van der Waals surface area contributed by atoms with Crippen molar-refractivity contribution < 1.29 is 17.6 Å². The van der Waals surface area contributed by atoms with Crippen LogP contribution in [0.5, 0.6) is 0 Å². The molecule has 22 heavy (non-hydrogen) atoms. The molecule has 1 saturated heterocycles. The molecule has 0 atom stereocenters. The molecule has 1 aliphatic rings. The molecular formula is C15H21FN2O3S. The first kappa shape index (κ1) is 16.9. The third kappa shape index (κ3) is 4.78. The number of carbonyl (C=O) groups is 1. The number of rotatable bonds is 4. The zero-order valence-electron chi connectivity index (χ0n) is 12.7. The topological polar surface area (TPSA) is 57.7 Å². The highest BCUT2D eigenvalue weighted by atomic mass is 32.2. The summed E-state index contributed by atoms with van der Waals surface area (Å²) in [5.74, 6) is -0.317. The Morgan fingerprint density at radius 3 is 2.68 bits per heavy atom. The predicted octanol–water partition coefficient (Wildman–Crippen LogP) is 1.25. The molecule has 0 N–H and O–H groups in total. The van der Waals surface area contributed by atoms with Crippen LogP contribution in [0, 0.1) is 5.82 Å². The molecular weight excluding hydrogens is 307 g/mol. The highest BCUT2D eigenvalue weighted by Crippen LogP contribution is 2.11. The van der Waals surface area contributed by atoms with Crippen LogP contribution in [0.25, 0.3) is 0 Å². The van der Waals surface area contributed by atoms with Crippen LogP contribution in [0.15, 0.2) is 24.3 Å². The molecule has 0 aliphatic carbocycles. The average molecular weight is 328 g/mol. The van der Waals surface area contributed by atoms with Gasteiger partial charge in [0, 0.05) is 32.6 Å². The molecule has 1 aromatic rings. The first-order valence-corrected chi connectivity index (χ1v) is 9.18. The Kier molecular flexibility index (Phi) is 5.52. The smallest absolute Gasteiger partial charge is 0.222 e. The summed E-state index contributed by atoms with van der Waals surface area (Å²) in [6.07, 6.45) is 2.62. The van der Waals surface area contributed by atoms with Gasteiger partial charge in [-0.1, -0.05) is 12.1 Å². The lowest BCUT2D eigenvalue weighted by Crippen LogP contribution is -2.37. The van der Waals surface area contributed by atoms with Crippen LogP contribution < -0.4 is 0 Å². The molecule has 2 rings (SSSR count).